The molecule has 0 bridgehead atoms. The minimum absolute atomic E-state index is 0.0648. The number of nitrogens with one attached hydrogen (secondary N) is 1. The lowest BCUT2D eigenvalue weighted by Crippen LogP contribution is -2.26. The number of anilines is 1. The van der Waals surface area contributed by atoms with Gasteiger partial charge in [0.15, 0.2) is 0 Å². The molecule has 0 aliphatic carbocycles. The van der Waals surface area contributed by atoms with Crippen molar-refractivity contribution in [2.75, 3.05) is 5.32 Å². The predicted molar refractivity (Wildman–Crippen MR) is 80.5 cm³/mol. The van der Waals surface area contributed by atoms with E-state index in [9.17, 15) is 9.59 Å². The largest absolute Gasteiger partial charge is 0.324 e. The van der Waals surface area contributed by atoms with Crippen LogP contribution >= 0.6 is 23.2 Å². The van der Waals surface area contributed by atoms with E-state index in [1.165, 1.54) is 10.6 Å². The maximum Gasteiger partial charge on any atom is 0.251 e. The molecule has 0 fully saturated rings. The highest BCUT2D eigenvalue weighted by molar-refractivity contribution is 6.35. The topological polar surface area (TPSA) is 51.1 Å². The van der Waals surface area contributed by atoms with E-state index < -0.39 is 0 Å². The summed E-state index contributed by atoms with van der Waals surface area (Å²) in [6.45, 7) is 1.79. The van der Waals surface area contributed by atoms with Gasteiger partial charge < -0.3 is 9.88 Å². The Morgan fingerprint density at radius 3 is 2.50 bits per heavy atom. The minimum atomic E-state index is -0.323. The molecule has 0 aliphatic rings. The van der Waals surface area contributed by atoms with Gasteiger partial charge in [-0.2, -0.15) is 0 Å². The number of aromatic nitrogens is 1. The van der Waals surface area contributed by atoms with E-state index in [4.69, 9.17) is 23.2 Å². The number of rotatable bonds is 3. The number of aryl methyl sites for hydroxylation is 1. The van der Waals surface area contributed by atoms with Crippen LogP contribution in [0.5, 0.6) is 0 Å². The highest BCUT2D eigenvalue weighted by atomic mass is 35.5. The highest BCUT2D eigenvalue weighted by Crippen LogP contribution is 2.22. The van der Waals surface area contributed by atoms with Crippen molar-refractivity contribution < 1.29 is 4.79 Å². The number of carbonyl (C=O) groups excluding carboxylic acids is 1. The second-order valence-corrected chi connectivity index (χ2v) is 5.25. The van der Waals surface area contributed by atoms with Gasteiger partial charge in [0.2, 0.25) is 5.91 Å². The molecule has 4 nitrogen and oxygen atoms in total. The van der Waals surface area contributed by atoms with Gasteiger partial charge in [-0.3, -0.25) is 9.59 Å². The molecule has 1 aromatic heterocycles. The SMILES string of the molecule is Cc1ccc(=O)n(CC(=O)Nc2cc(Cl)cc(Cl)c2)c1. The zero-order valence-electron chi connectivity index (χ0n) is 10.7. The summed E-state index contributed by atoms with van der Waals surface area (Å²) in [7, 11) is 0. The van der Waals surface area contributed by atoms with Crippen LogP contribution in [0, 0.1) is 6.92 Å². The molecule has 0 spiro atoms. The fourth-order valence-electron chi connectivity index (χ4n) is 1.76. The van der Waals surface area contributed by atoms with Crippen molar-refractivity contribution in [1.82, 2.24) is 4.57 Å². The van der Waals surface area contributed by atoms with Gasteiger partial charge in [-0.15, -0.1) is 0 Å². The van der Waals surface area contributed by atoms with Crippen molar-refractivity contribution in [2.24, 2.45) is 0 Å². The number of amides is 1. The van der Waals surface area contributed by atoms with Gasteiger partial charge in [-0.25, -0.2) is 0 Å². The Bertz CT molecular complexity index is 690. The van der Waals surface area contributed by atoms with Gasteiger partial charge in [-0.05, 0) is 30.7 Å². The molecule has 1 aromatic carbocycles. The molecule has 0 atom stereocenters. The monoisotopic (exact) mass is 310 g/mol. The maximum absolute atomic E-state index is 11.9. The third-order valence-electron chi connectivity index (χ3n) is 2.59. The van der Waals surface area contributed by atoms with Gasteiger partial charge >= 0.3 is 0 Å². The summed E-state index contributed by atoms with van der Waals surface area (Å²) in [4.78, 5) is 23.5. The van der Waals surface area contributed by atoms with Crippen molar-refractivity contribution in [3.05, 3.63) is 62.5 Å². The van der Waals surface area contributed by atoms with Crippen LogP contribution in [-0.2, 0) is 11.3 Å². The standard InChI is InChI=1S/C14H12Cl2N2O2/c1-9-2-3-14(20)18(7-9)8-13(19)17-12-5-10(15)4-11(16)6-12/h2-7H,8H2,1H3,(H,17,19). The summed E-state index contributed by atoms with van der Waals surface area (Å²) < 4.78 is 1.34. The minimum Gasteiger partial charge on any atom is -0.324 e. The van der Waals surface area contributed by atoms with E-state index in [1.807, 2.05) is 6.92 Å². The summed E-state index contributed by atoms with van der Waals surface area (Å²) in [5, 5.41) is 3.51. The van der Waals surface area contributed by atoms with E-state index in [1.54, 1.807) is 30.5 Å². The van der Waals surface area contributed by atoms with Crippen molar-refractivity contribution in [3.8, 4) is 0 Å². The summed E-state index contributed by atoms with van der Waals surface area (Å²) >= 11 is 11.7. The van der Waals surface area contributed by atoms with Gasteiger partial charge in [0.05, 0.1) is 0 Å². The molecule has 0 aliphatic heterocycles. The molecule has 1 amide bonds. The van der Waals surface area contributed by atoms with E-state index >= 15 is 0 Å². The average Bonchev–Trinajstić information content (AvgIpc) is 2.32. The summed E-state index contributed by atoms with van der Waals surface area (Å²) in [5.74, 6) is -0.323. The van der Waals surface area contributed by atoms with Crippen LogP contribution in [-0.4, -0.2) is 10.5 Å². The number of halogens is 2. The summed E-state index contributed by atoms with van der Waals surface area (Å²) in [6.07, 6.45) is 1.63. The Balaban J connectivity index is 2.13. The number of hydrogen-bond donors (Lipinski definition) is 1. The van der Waals surface area contributed by atoms with Crippen LogP contribution in [0.2, 0.25) is 10.0 Å². The van der Waals surface area contributed by atoms with Crippen LogP contribution < -0.4 is 10.9 Å². The number of pyridine rings is 1. The van der Waals surface area contributed by atoms with Gasteiger partial charge in [0, 0.05) is 28.0 Å². The molecule has 2 rings (SSSR count). The van der Waals surface area contributed by atoms with Crippen LogP contribution in [0.4, 0.5) is 5.69 Å². The third kappa shape index (κ3) is 3.85. The number of carbonyl (C=O) groups is 1. The molecule has 20 heavy (non-hydrogen) atoms. The molecule has 1 heterocycles. The molecule has 0 radical (unpaired) electrons. The highest BCUT2D eigenvalue weighted by Gasteiger charge is 2.06. The fraction of sp³-hybridized carbons (Fsp3) is 0.143. The Morgan fingerprint density at radius 2 is 1.85 bits per heavy atom. The molecule has 0 unspecified atom stereocenters. The second-order valence-electron chi connectivity index (χ2n) is 4.38. The van der Waals surface area contributed by atoms with Crippen LogP contribution in [0.15, 0.2) is 41.3 Å². The lowest BCUT2D eigenvalue weighted by atomic mass is 10.3. The Kier molecular flexibility index (Phi) is 4.47. The average molecular weight is 311 g/mol. The lowest BCUT2D eigenvalue weighted by Gasteiger charge is -2.08. The van der Waals surface area contributed by atoms with Crippen molar-refractivity contribution in [2.45, 2.75) is 13.5 Å². The first kappa shape index (κ1) is 14.6. The lowest BCUT2D eigenvalue weighted by molar-refractivity contribution is -0.116. The van der Waals surface area contributed by atoms with E-state index in [0.717, 1.165) is 5.56 Å². The molecular weight excluding hydrogens is 299 g/mol. The Morgan fingerprint density at radius 1 is 1.20 bits per heavy atom. The fourth-order valence-corrected chi connectivity index (χ4v) is 2.28. The third-order valence-corrected chi connectivity index (χ3v) is 3.03. The zero-order chi connectivity index (χ0) is 14.7. The van der Waals surface area contributed by atoms with Gasteiger partial charge in [0.25, 0.3) is 5.56 Å². The molecule has 104 valence electrons. The van der Waals surface area contributed by atoms with Crippen molar-refractivity contribution in [3.63, 3.8) is 0 Å². The van der Waals surface area contributed by atoms with Crippen molar-refractivity contribution >= 4 is 34.8 Å². The normalized spacial score (nSPS) is 10.3. The predicted octanol–water partition coefficient (Wildman–Crippen LogP) is 3.10. The second kappa shape index (κ2) is 6.11. The number of hydrogen-bond acceptors (Lipinski definition) is 2. The molecule has 1 N–H and O–H groups in total. The molecule has 0 saturated carbocycles. The van der Waals surface area contributed by atoms with Crippen LogP contribution in [0.3, 0.4) is 0 Å². The first-order valence-electron chi connectivity index (χ1n) is 5.87. The Hall–Kier alpha value is -1.78. The quantitative estimate of drug-likeness (QED) is 0.947. The van der Waals surface area contributed by atoms with Gasteiger partial charge in [0.1, 0.15) is 6.54 Å². The van der Waals surface area contributed by atoms with Gasteiger partial charge in [-0.1, -0.05) is 29.3 Å². The molecule has 6 heteroatoms. The van der Waals surface area contributed by atoms with Crippen LogP contribution in [0.1, 0.15) is 5.56 Å². The number of nitrogens with zero attached hydrogens (tertiary/aromatic N) is 1. The van der Waals surface area contributed by atoms with E-state index in [2.05, 4.69) is 5.32 Å². The summed E-state index contributed by atoms with van der Waals surface area (Å²) in [5.41, 5.74) is 1.17. The smallest absolute Gasteiger partial charge is 0.251 e. The zero-order valence-corrected chi connectivity index (χ0v) is 12.2. The van der Waals surface area contributed by atoms with E-state index in [0.29, 0.717) is 15.7 Å². The maximum atomic E-state index is 11.9. The molecule has 0 saturated heterocycles. The number of benzene rings is 1. The first-order chi connectivity index (χ1) is 9.44. The molecule has 2 aromatic rings. The Labute approximate surface area is 125 Å². The first-order valence-corrected chi connectivity index (χ1v) is 6.63. The van der Waals surface area contributed by atoms with E-state index in [-0.39, 0.29) is 18.0 Å². The molecular formula is C14H12Cl2N2O2. The summed E-state index contributed by atoms with van der Waals surface area (Å²) in [6, 6.07) is 7.88. The van der Waals surface area contributed by atoms with Crippen molar-refractivity contribution in [1.29, 1.82) is 0 Å². The van der Waals surface area contributed by atoms with Crippen LogP contribution in [0.25, 0.3) is 0 Å².